The SMILES string of the molecule is O=C(NCC(=O)N(C1CCC(c2ccc3sc(=O)[nH]c3c2)CC1)C1CNC1)c1cccc(C(F)(F)F)c1. The van der Waals surface area contributed by atoms with Crippen LogP contribution in [0.15, 0.2) is 47.3 Å². The number of aromatic amines is 1. The maximum atomic E-state index is 13.2. The monoisotopic (exact) mass is 532 g/mol. The molecular weight excluding hydrogens is 505 g/mol. The van der Waals surface area contributed by atoms with Crippen molar-refractivity contribution in [2.24, 2.45) is 0 Å². The molecule has 2 amide bonds. The number of hydrogen-bond donors (Lipinski definition) is 3. The smallest absolute Gasteiger partial charge is 0.343 e. The van der Waals surface area contributed by atoms with E-state index in [-0.39, 0.29) is 35.0 Å². The van der Waals surface area contributed by atoms with Crippen LogP contribution in [0.3, 0.4) is 0 Å². The van der Waals surface area contributed by atoms with E-state index in [1.165, 1.54) is 29.0 Å². The first-order valence-corrected chi connectivity index (χ1v) is 13.1. The number of aromatic nitrogens is 1. The van der Waals surface area contributed by atoms with Gasteiger partial charge >= 0.3 is 11.0 Å². The summed E-state index contributed by atoms with van der Waals surface area (Å²) in [6.07, 6.45) is -1.14. The summed E-state index contributed by atoms with van der Waals surface area (Å²) in [7, 11) is 0. The van der Waals surface area contributed by atoms with E-state index in [0.717, 1.165) is 48.0 Å². The van der Waals surface area contributed by atoms with Crippen LogP contribution in [0.25, 0.3) is 10.2 Å². The summed E-state index contributed by atoms with van der Waals surface area (Å²) in [6, 6.07) is 10.3. The summed E-state index contributed by atoms with van der Waals surface area (Å²) in [5.74, 6) is -0.606. The number of carbonyl (C=O) groups excluding carboxylic acids is 2. The molecule has 1 saturated heterocycles. The lowest BCUT2D eigenvalue weighted by molar-refractivity contribution is -0.138. The standard InChI is InChI=1S/C26H27F3N4O3S/c27-26(28,29)18-3-1-2-17(10-18)24(35)31-14-23(34)33(20-12-30-13-20)19-7-4-15(5-8-19)16-6-9-22-21(11-16)32-25(36)37-22/h1-3,6,9-11,15,19-20,30H,4-5,7-8,12-14H2,(H,31,35)(H,32,36). The third-order valence-electron chi connectivity index (χ3n) is 7.30. The van der Waals surface area contributed by atoms with Crippen molar-refractivity contribution in [3.05, 3.63) is 68.8 Å². The van der Waals surface area contributed by atoms with Crippen molar-refractivity contribution in [1.29, 1.82) is 0 Å². The second kappa shape index (κ2) is 10.3. The minimum absolute atomic E-state index is 0.0333. The number of benzene rings is 2. The topological polar surface area (TPSA) is 94.3 Å². The molecule has 7 nitrogen and oxygen atoms in total. The van der Waals surface area contributed by atoms with Gasteiger partial charge in [-0.2, -0.15) is 13.2 Å². The number of hydrogen-bond acceptors (Lipinski definition) is 5. The van der Waals surface area contributed by atoms with Crippen molar-refractivity contribution < 1.29 is 22.8 Å². The van der Waals surface area contributed by atoms with Gasteiger partial charge in [0.25, 0.3) is 5.91 Å². The van der Waals surface area contributed by atoms with Crippen molar-refractivity contribution in [3.63, 3.8) is 0 Å². The molecule has 0 bridgehead atoms. The highest BCUT2D eigenvalue weighted by Gasteiger charge is 2.36. The number of H-pyrrole nitrogens is 1. The Balaban J connectivity index is 1.21. The number of nitrogens with zero attached hydrogens (tertiary/aromatic N) is 1. The van der Waals surface area contributed by atoms with Crippen LogP contribution < -0.4 is 15.5 Å². The first-order valence-electron chi connectivity index (χ1n) is 12.3. The van der Waals surface area contributed by atoms with Crippen LogP contribution in [0.1, 0.15) is 53.1 Å². The number of fused-ring (bicyclic) bond motifs is 1. The van der Waals surface area contributed by atoms with E-state index in [9.17, 15) is 27.6 Å². The van der Waals surface area contributed by atoms with Gasteiger partial charge in [0.15, 0.2) is 0 Å². The van der Waals surface area contributed by atoms with Gasteiger partial charge in [-0.15, -0.1) is 0 Å². The second-order valence-electron chi connectivity index (χ2n) is 9.65. The molecule has 0 spiro atoms. The number of amides is 2. The van der Waals surface area contributed by atoms with Crippen LogP contribution in [0.4, 0.5) is 13.2 Å². The van der Waals surface area contributed by atoms with Gasteiger partial charge in [-0.05, 0) is 67.5 Å². The fourth-order valence-electron chi connectivity index (χ4n) is 5.27. The lowest BCUT2D eigenvalue weighted by Crippen LogP contribution is -2.63. The first-order chi connectivity index (χ1) is 17.7. The largest absolute Gasteiger partial charge is 0.416 e. The normalized spacial score (nSPS) is 20.4. The summed E-state index contributed by atoms with van der Waals surface area (Å²) >= 11 is 1.19. The number of halogens is 3. The third-order valence-corrected chi connectivity index (χ3v) is 8.16. The molecule has 5 rings (SSSR count). The molecular formula is C26H27F3N4O3S. The average molecular weight is 533 g/mol. The lowest BCUT2D eigenvalue weighted by Gasteiger charge is -2.45. The zero-order valence-corrected chi connectivity index (χ0v) is 20.8. The number of nitrogens with one attached hydrogen (secondary N) is 3. The zero-order valence-electron chi connectivity index (χ0n) is 19.9. The van der Waals surface area contributed by atoms with Crippen molar-refractivity contribution in [2.75, 3.05) is 19.6 Å². The number of rotatable bonds is 6. The summed E-state index contributed by atoms with van der Waals surface area (Å²) in [5.41, 5.74) is 0.985. The first kappa shape index (κ1) is 25.5. The molecule has 1 aromatic heterocycles. The Morgan fingerprint density at radius 2 is 1.78 bits per heavy atom. The van der Waals surface area contributed by atoms with Crippen molar-refractivity contribution >= 4 is 33.4 Å². The molecule has 3 N–H and O–H groups in total. The molecule has 1 aliphatic heterocycles. The maximum Gasteiger partial charge on any atom is 0.416 e. The molecule has 2 fully saturated rings. The van der Waals surface area contributed by atoms with Crippen LogP contribution in [-0.4, -0.2) is 53.4 Å². The number of thiazole rings is 1. The van der Waals surface area contributed by atoms with Crippen LogP contribution >= 0.6 is 11.3 Å². The van der Waals surface area contributed by atoms with E-state index in [1.807, 2.05) is 17.0 Å². The van der Waals surface area contributed by atoms with E-state index in [0.29, 0.717) is 19.0 Å². The minimum atomic E-state index is -4.55. The van der Waals surface area contributed by atoms with E-state index in [1.54, 1.807) is 0 Å². The van der Waals surface area contributed by atoms with E-state index >= 15 is 0 Å². The molecule has 1 aliphatic carbocycles. The fourth-order valence-corrected chi connectivity index (χ4v) is 5.99. The van der Waals surface area contributed by atoms with E-state index < -0.39 is 17.6 Å². The molecule has 11 heteroatoms. The van der Waals surface area contributed by atoms with Gasteiger partial charge in [0, 0.05) is 24.7 Å². The summed E-state index contributed by atoms with van der Waals surface area (Å²) in [5, 5.41) is 5.69. The summed E-state index contributed by atoms with van der Waals surface area (Å²) in [6.45, 7) is 1.08. The number of alkyl halides is 3. The second-order valence-corrected chi connectivity index (χ2v) is 10.7. The van der Waals surface area contributed by atoms with Crippen LogP contribution in [0.2, 0.25) is 0 Å². The zero-order chi connectivity index (χ0) is 26.2. The molecule has 0 radical (unpaired) electrons. The molecule has 2 aliphatic rings. The Bertz CT molecular complexity index is 1360. The van der Waals surface area contributed by atoms with E-state index in [4.69, 9.17) is 0 Å². The Morgan fingerprint density at radius 1 is 1.03 bits per heavy atom. The molecule has 3 aromatic rings. The lowest BCUT2D eigenvalue weighted by atomic mass is 9.80. The highest BCUT2D eigenvalue weighted by atomic mass is 32.1. The minimum Gasteiger partial charge on any atom is -0.343 e. The fraction of sp³-hybridized carbons (Fsp3) is 0.423. The molecule has 2 heterocycles. The van der Waals surface area contributed by atoms with Gasteiger partial charge < -0.3 is 20.5 Å². The summed E-state index contributed by atoms with van der Waals surface area (Å²) < 4.78 is 39.9. The molecule has 37 heavy (non-hydrogen) atoms. The molecule has 0 atom stereocenters. The quantitative estimate of drug-likeness (QED) is 0.450. The third kappa shape index (κ3) is 5.57. The van der Waals surface area contributed by atoms with Gasteiger partial charge in [0.05, 0.1) is 28.4 Å². The average Bonchev–Trinajstić information content (AvgIpc) is 3.23. The Kier molecular flexibility index (Phi) is 7.09. The highest BCUT2D eigenvalue weighted by molar-refractivity contribution is 7.16. The predicted octanol–water partition coefficient (Wildman–Crippen LogP) is 3.87. The van der Waals surface area contributed by atoms with Gasteiger partial charge in [-0.3, -0.25) is 14.4 Å². The highest BCUT2D eigenvalue weighted by Crippen LogP contribution is 2.37. The van der Waals surface area contributed by atoms with Crippen LogP contribution in [0, 0.1) is 0 Å². The Morgan fingerprint density at radius 3 is 2.46 bits per heavy atom. The molecule has 196 valence electrons. The van der Waals surface area contributed by atoms with Crippen LogP contribution in [-0.2, 0) is 11.0 Å². The predicted molar refractivity (Wildman–Crippen MR) is 135 cm³/mol. The summed E-state index contributed by atoms with van der Waals surface area (Å²) in [4.78, 5) is 42.0. The van der Waals surface area contributed by atoms with Gasteiger partial charge in [0.1, 0.15) is 0 Å². The van der Waals surface area contributed by atoms with Gasteiger partial charge in [0.2, 0.25) is 5.91 Å². The van der Waals surface area contributed by atoms with Gasteiger partial charge in [-0.25, -0.2) is 0 Å². The van der Waals surface area contributed by atoms with E-state index in [2.05, 4.69) is 21.7 Å². The maximum absolute atomic E-state index is 13.2. The van der Waals surface area contributed by atoms with Crippen molar-refractivity contribution in [2.45, 2.75) is 49.9 Å². The Labute approximate surface area is 215 Å². The molecule has 2 aromatic carbocycles. The molecule has 0 unspecified atom stereocenters. The van der Waals surface area contributed by atoms with Crippen LogP contribution in [0.5, 0.6) is 0 Å². The molecule has 1 saturated carbocycles. The van der Waals surface area contributed by atoms with Crippen molar-refractivity contribution in [3.8, 4) is 0 Å². The number of carbonyl (C=O) groups is 2. The van der Waals surface area contributed by atoms with Gasteiger partial charge in [-0.1, -0.05) is 23.5 Å². The van der Waals surface area contributed by atoms with Crippen molar-refractivity contribution in [1.82, 2.24) is 20.5 Å². The Hall–Kier alpha value is -3.18.